The Hall–Kier alpha value is -0.960. The Morgan fingerprint density at radius 1 is 1.19 bits per heavy atom. The van der Waals surface area contributed by atoms with Crippen molar-refractivity contribution in [3.05, 3.63) is 35.4 Å². The van der Waals surface area contributed by atoms with Gasteiger partial charge in [-0.25, -0.2) is 8.78 Å². The molecule has 0 radical (unpaired) electrons. The maximum atomic E-state index is 14.0. The highest BCUT2D eigenvalue weighted by Gasteiger charge is 2.39. The van der Waals surface area contributed by atoms with E-state index in [0.29, 0.717) is 12.0 Å². The number of rotatable bonds is 7. The van der Waals surface area contributed by atoms with Crippen molar-refractivity contribution in [3.8, 4) is 0 Å². The number of halogens is 2. The van der Waals surface area contributed by atoms with E-state index in [-0.39, 0.29) is 11.5 Å². The van der Waals surface area contributed by atoms with E-state index < -0.39 is 11.6 Å². The first-order valence-electron chi connectivity index (χ1n) is 8.28. The van der Waals surface area contributed by atoms with E-state index in [1.165, 1.54) is 31.7 Å². The predicted octanol–water partition coefficient (Wildman–Crippen LogP) is 4.85. The highest BCUT2D eigenvalue weighted by Crippen LogP contribution is 2.44. The van der Waals surface area contributed by atoms with Crippen molar-refractivity contribution < 1.29 is 8.78 Å². The monoisotopic (exact) mass is 295 g/mol. The summed E-state index contributed by atoms with van der Waals surface area (Å²) in [5, 5.41) is 3.63. The lowest BCUT2D eigenvalue weighted by Crippen LogP contribution is -2.45. The van der Waals surface area contributed by atoms with E-state index >= 15 is 0 Å². The van der Waals surface area contributed by atoms with E-state index in [1.807, 2.05) is 0 Å². The van der Waals surface area contributed by atoms with Crippen LogP contribution in [-0.4, -0.2) is 12.6 Å². The Balaban J connectivity index is 2.19. The summed E-state index contributed by atoms with van der Waals surface area (Å²) >= 11 is 0. The molecule has 1 aromatic carbocycles. The van der Waals surface area contributed by atoms with Gasteiger partial charge in [-0.2, -0.15) is 0 Å². The second-order valence-electron chi connectivity index (χ2n) is 6.37. The molecule has 1 nitrogen and oxygen atoms in total. The fraction of sp³-hybridized carbons (Fsp3) is 0.667. The summed E-state index contributed by atoms with van der Waals surface area (Å²) in [5.74, 6) is -0.914. The number of hydrogen-bond acceptors (Lipinski definition) is 1. The fourth-order valence-electron chi connectivity index (χ4n) is 3.76. The third kappa shape index (κ3) is 3.82. The topological polar surface area (TPSA) is 12.0 Å². The van der Waals surface area contributed by atoms with Gasteiger partial charge in [0.2, 0.25) is 0 Å². The molecule has 21 heavy (non-hydrogen) atoms. The quantitative estimate of drug-likeness (QED) is 0.758. The lowest BCUT2D eigenvalue weighted by molar-refractivity contribution is 0.183. The second kappa shape index (κ2) is 7.35. The summed E-state index contributed by atoms with van der Waals surface area (Å²) in [4.78, 5) is 0. The molecular weight excluding hydrogens is 268 g/mol. The van der Waals surface area contributed by atoms with Crippen LogP contribution in [0, 0.1) is 17.0 Å². The van der Waals surface area contributed by atoms with E-state index in [2.05, 4.69) is 19.2 Å². The fourth-order valence-corrected chi connectivity index (χ4v) is 3.76. The first kappa shape index (κ1) is 16.4. The Labute approximate surface area is 127 Å². The maximum absolute atomic E-state index is 14.0. The highest BCUT2D eigenvalue weighted by atomic mass is 19.1. The zero-order valence-corrected chi connectivity index (χ0v) is 13.2. The molecule has 0 heterocycles. The molecule has 1 saturated carbocycles. The minimum Gasteiger partial charge on any atom is -0.313 e. The van der Waals surface area contributed by atoms with E-state index in [4.69, 9.17) is 0 Å². The van der Waals surface area contributed by atoms with Gasteiger partial charge in [0.25, 0.3) is 0 Å². The molecule has 1 aromatic rings. The zero-order chi connectivity index (χ0) is 15.3. The molecule has 0 aromatic heterocycles. The average molecular weight is 295 g/mol. The summed E-state index contributed by atoms with van der Waals surface area (Å²) in [5.41, 5.74) is 0.903. The van der Waals surface area contributed by atoms with Crippen molar-refractivity contribution in [1.29, 1.82) is 0 Å². The van der Waals surface area contributed by atoms with Crippen LogP contribution in [0.2, 0.25) is 0 Å². The van der Waals surface area contributed by atoms with Crippen molar-refractivity contribution in [3.63, 3.8) is 0 Å². The lowest BCUT2D eigenvalue weighted by Gasteiger charge is -2.38. The Morgan fingerprint density at radius 2 is 1.90 bits per heavy atom. The second-order valence-corrected chi connectivity index (χ2v) is 6.37. The smallest absolute Gasteiger partial charge is 0.129 e. The van der Waals surface area contributed by atoms with Crippen molar-refractivity contribution in [2.75, 3.05) is 6.54 Å². The van der Waals surface area contributed by atoms with Crippen LogP contribution >= 0.6 is 0 Å². The highest BCUT2D eigenvalue weighted by molar-refractivity contribution is 5.20. The molecule has 1 fully saturated rings. The molecule has 1 unspecified atom stereocenters. The molecule has 1 aliphatic rings. The number of nitrogens with one attached hydrogen (secondary N) is 1. The summed E-state index contributed by atoms with van der Waals surface area (Å²) < 4.78 is 27.1. The molecule has 1 N–H and O–H groups in total. The first-order chi connectivity index (χ1) is 10.1. The van der Waals surface area contributed by atoms with Crippen LogP contribution in [0.5, 0.6) is 0 Å². The van der Waals surface area contributed by atoms with Gasteiger partial charge in [-0.3, -0.25) is 0 Å². The maximum Gasteiger partial charge on any atom is 0.129 e. The molecule has 1 atom stereocenters. The predicted molar refractivity (Wildman–Crippen MR) is 83.3 cm³/mol. The van der Waals surface area contributed by atoms with E-state index in [9.17, 15) is 8.78 Å². The van der Waals surface area contributed by atoms with Gasteiger partial charge in [-0.1, -0.05) is 32.8 Å². The molecule has 0 amide bonds. The summed E-state index contributed by atoms with van der Waals surface area (Å²) in [6.07, 6.45) is 7.81. The molecule has 118 valence electrons. The summed E-state index contributed by atoms with van der Waals surface area (Å²) in [6, 6.07) is 4.25. The lowest BCUT2D eigenvalue weighted by atomic mass is 9.74. The first-order valence-corrected chi connectivity index (χ1v) is 8.28. The molecule has 0 bridgehead atoms. The van der Waals surface area contributed by atoms with Crippen LogP contribution in [-0.2, 0) is 6.42 Å². The van der Waals surface area contributed by atoms with Crippen molar-refractivity contribution >= 4 is 0 Å². The number of hydrogen-bond donors (Lipinski definition) is 1. The Morgan fingerprint density at radius 3 is 2.48 bits per heavy atom. The molecular formula is C18H27F2N. The molecule has 0 saturated heterocycles. The van der Waals surface area contributed by atoms with Gasteiger partial charge in [0.1, 0.15) is 11.6 Å². The van der Waals surface area contributed by atoms with Crippen LogP contribution in [0.4, 0.5) is 8.78 Å². The van der Waals surface area contributed by atoms with Crippen molar-refractivity contribution in [1.82, 2.24) is 5.32 Å². The minimum atomic E-state index is -0.500. The van der Waals surface area contributed by atoms with Gasteiger partial charge < -0.3 is 5.32 Å². The molecule has 0 aliphatic heterocycles. The van der Waals surface area contributed by atoms with Crippen LogP contribution < -0.4 is 5.32 Å². The van der Waals surface area contributed by atoms with Gasteiger partial charge >= 0.3 is 0 Å². The SMILES string of the molecule is CCCNC(Cc1ccc(F)cc1F)C1(CC)CCCC1. The largest absolute Gasteiger partial charge is 0.313 e. The van der Waals surface area contributed by atoms with Crippen LogP contribution in [0.15, 0.2) is 18.2 Å². The Kier molecular flexibility index (Phi) is 5.74. The van der Waals surface area contributed by atoms with Crippen molar-refractivity contribution in [2.24, 2.45) is 5.41 Å². The average Bonchev–Trinajstić information content (AvgIpc) is 2.95. The third-order valence-corrected chi connectivity index (χ3v) is 5.12. The Bertz CT molecular complexity index is 453. The normalized spacial score (nSPS) is 18.9. The zero-order valence-electron chi connectivity index (χ0n) is 13.2. The van der Waals surface area contributed by atoms with Crippen molar-refractivity contribution in [2.45, 2.75) is 64.8 Å². The standard InChI is InChI=1S/C18H27F2N/c1-3-11-21-17(18(4-2)9-5-6-10-18)12-14-7-8-15(19)13-16(14)20/h7-8,13,17,21H,3-6,9-12H2,1-2H3. The van der Waals surface area contributed by atoms with E-state index in [0.717, 1.165) is 25.5 Å². The van der Waals surface area contributed by atoms with E-state index in [1.54, 1.807) is 6.07 Å². The summed E-state index contributed by atoms with van der Waals surface area (Å²) in [7, 11) is 0. The van der Waals surface area contributed by atoms with Gasteiger partial charge in [0.15, 0.2) is 0 Å². The van der Waals surface area contributed by atoms with Gasteiger partial charge in [-0.05, 0) is 55.7 Å². The van der Waals surface area contributed by atoms with Crippen LogP contribution in [0.25, 0.3) is 0 Å². The van der Waals surface area contributed by atoms with Crippen LogP contribution in [0.1, 0.15) is 57.9 Å². The van der Waals surface area contributed by atoms with Gasteiger partial charge in [-0.15, -0.1) is 0 Å². The summed E-state index contributed by atoms with van der Waals surface area (Å²) in [6.45, 7) is 5.35. The molecule has 0 spiro atoms. The molecule has 3 heteroatoms. The molecule has 1 aliphatic carbocycles. The van der Waals surface area contributed by atoms with Crippen LogP contribution in [0.3, 0.4) is 0 Å². The van der Waals surface area contributed by atoms with Gasteiger partial charge in [0, 0.05) is 12.1 Å². The number of benzene rings is 1. The minimum absolute atomic E-state index is 0.274. The molecule has 2 rings (SSSR count). The van der Waals surface area contributed by atoms with Gasteiger partial charge in [0.05, 0.1) is 0 Å². The third-order valence-electron chi connectivity index (χ3n) is 5.12.